The van der Waals surface area contributed by atoms with E-state index in [-0.39, 0.29) is 19.0 Å². The third-order valence-electron chi connectivity index (χ3n) is 2.83. The lowest BCUT2D eigenvalue weighted by Gasteiger charge is -2.12. The lowest BCUT2D eigenvalue weighted by Crippen LogP contribution is -2.14. The number of aliphatic hydroxyl groups excluding tert-OH is 1. The maximum atomic E-state index is 8.68. The van der Waals surface area contributed by atoms with Crippen LogP contribution >= 0.6 is 24.0 Å². The summed E-state index contributed by atoms with van der Waals surface area (Å²) in [5.41, 5.74) is 1.06. The van der Waals surface area contributed by atoms with Crippen molar-refractivity contribution in [3.63, 3.8) is 0 Å². The van der Waals surface area contributed by atoms with Crippen molar-refractivity contribution in [2.75, 3.05) is 27.4 Å². The van der Waals surface area contributed by atoms with E-state index in [1.807, 2.05) is 12.1 Å². The molecule has 0 aromatic heterocycles. The van der Waals surface area contributed by atoms with Gasteiger partial charge in [0.2, 0.25) is 0 Å². The number of aliphatic hydroxyl groups is 1. The van der Waals surface area contributed by atoms with Crippen molar-refractivity contribution < 1.29 is 14.6 Å². The van der Waals surface area contributed by atoms with Crippen LogP contribution in [0.3, 0.4) is 0 Å². The lowest BCUT2D eigenvalue weighted by atomic mass is 10.2. The topological polar surface area (TPSA) is 50.7 Å². The second kappa shape index (κ2) is 11.0. The van der Waals surface area contributed by atoms with Gasteiger partial charge in [-0.05, 0) is 43.5 Å². The minimum Gasteiger partial charge on any atom is -0.493 e. The van der Waals surface area contributed by atoms with Crippen LogP contribution in [0.15, 0.2) is 12.1 Å². The van der Waals surface area contributed by atoms with E-state index >= 15 is 0 Å². The highest BCUT2D eigenvalue weighted by Crippen LogP contribution is 2.35. The van der Waals surface area contributed by atoms with Gasteiger partial charge in [-0.2, -0.15) is 0 Å². The van der Waals surface area contributed by atoms with Gasteiger partial charge >= 0.3 is 0 Å². The standard InChI is InChI=1S/C14H22ClNO3.ClH/c1-18-13-9-11(8-12(15)14(13)19-2)10-16-6-4-3-5-7-17;/h8-9,16-17H,3-7,10H2,1-2H3;1H. The Balaban J connectivity index is 0.00000361. The van der Waals surface area contributed by atoms with Gasteiger partial charge in [0.25, 0.3) is 0 Å². The minimum absolute atomic E-state index is 0. The maximum Gasteiger partial charge on any atom is 0.179 e. The van der Waals surface area contributed by atoms with E-state index in [9.17, 15) is 0 Å². The van der Waals surface area contributed by atoms with E-state index in [0.29, 0.717) is 16.5 Å². The molecule has 0 saturated carbocycles. The average molecular weight is 324 g/mol. The van der Waals surface area contributed by atoms with Gasteiger partial charge in [-0.1, -0.05) is 11.6 Å². The zero-order valence-corrected chi connectivity index (χ0v) is 13.5. The van der Waals surface area contributed by atoms with Crippen LogP contribution in [-0.2, 0) is 6.54 Å². The highest BCUT2D eigenvalue weighted by molar-refractivity contribution is 6.32. The third-order valence-corrected chi connectivity index (χ3v) is 3.11. The van der Waals surface area contributed by atoms with Crippen molar-refractivity contribution in [3.05, 3.63) is 22.7 Å². The van der Waals surface area contributed by atoms with Gasteiger partial charge in [0.1, 0.15) is 0 Å². The lowest BCUT2D eigenvalue weighted by molar-refractivity contribution is 0.283. The van der Waals surface area contributed by atoms with Crippen molar-refractivity contribution >= 4 is 24.0 Å². The van der Waals surface area contributed by atoms with Gasteiger partial charge in [0.05, 0.1) is 19.2 Å². The molecular formula is C14H23Cl2NO3. The van der Waals surface area contributed by atoms with E-state index in [1.165, 1.54) is 0 Å². The summed E-state index contributed by atoms with van der Waals surface area (Å²) < 4.78 is 10.4. The number of hydrogen-bond donors (Lipinski definition) is 2. The number of halogens is 2. The van der Waals surface area contributed by atoms with Crippen LogP contribution < -0.4 is 14.8 Å². The molecular weight excluding hydrogens is 301 g/mol. The summed E-state index contributed by atoms with van der Waals surface area (Å²) in [6.07, 6.45) is 2.96. The molecule has 0 aliphatic carbocycles. The number of methoxy groups -OCH3 is 2. The maximum absolute atomic E-state index is 8.68. The van der Waals surface area contributed by atoms with Gasteiger partial charge < -0.3 is 19.9 Å². The minimum atomic E-state index is 0. The van der Waals surface area contributed by atoms with Gasteiger partial charge in [-0.15, -0.1) is 12.4 Å². The molecule has 6 heteroatoms. The van der Waals surface area contributed by atoms with Crippen LogP contribution in [0.5, 0.6) is 11.5 Å². The van der Waals surface area contributed by atoms with Crippen LogP contribution in [0.4, 0.5) is 0 Å². The Morgan fingerprint density at radius 2 is 1.90 bits per heavy atom. The number of benzene rings is 1. The summed E-state index contributed by atoms with van der Waals surface area (Å²) in [4.78, 5) is 0. The number of unbranched alkanes of at least 4 members (excludes halogenated alkanes) is 2. The predicted octanol–water partition coefficient (Wildman–Crippen LogP) is 3.03. The van der Waals surface area contributed by atoms with Gasteiger partial charge in [-0.3, -0.25) is 0 Å². The summed E-state index contributed by atoms with van der Waals surface area (Å²) in [6.45, 7) is 1.93. The van der Waals surface area contributed by atoms with Crippen molar-refractivity contribution in [1.82, 2.24) is 5.32 Å². The Labute approximate surface area is 131 Å². The number of ether oxygens (including phenoxy) is 2. The summed E-state index contributed by atoms with van der Waals surface area (Å²) >= 11 is 6.13. The Hall–Kier alpha value is -0.680. The number of nitrogens with one attached hydrogen (secondary N) is 1. The summed E-state index contributed by atoms with van der Waals surface area (Å²) in [5, 5.41) is 12.6. The molecule has 0 spiro atoms. The van der Waals surface area contributed by atoms with Gasteiger partial charge in [0, 0.05) is 13.2 Å². The second-order valence-corrected chi connectivity index (χ2v) is 4.68. The van der Waals surface area contributed by atoms with Crippen molar-refractivity contribution in [3.8, 4) is 11.5 Å². The highest BCUT2D eigenvalue weighted by atomic mass is 35.5. The first-order valence-corrected chi connectivity index (χ1v) is 6.82. The van der Waals surface area contributed by atoms with Crippen molar-refractivity contribution in [2.24, 2.45) is 0 Å². The van der Waals surface area contributed by atoms with Crippen molar-refractivity contribution in [2.45, 2.75) is 25.8 Å². The average Bonchev–Trinajstić information content (AvgIpc) is 2.42. The first-order chi connectivity index (χ1) is 9.22. The number of rotatable bonds is 9. The zero-order valence-electron chi connectivity index (χ0n) is 11.9. The molecule has 0 unspecified atom stereocenters. The SMILES string of the molecule is COc1cc(CNCCCCCO)cc(Cl)c1OC.Cl. The summed E-state index contributed by atoms with van der Waals surface area (Å²) in [6, 6.07) is 3.80. The fraction of sp³-hybridized carbons (Fsp3) is 0.571. The van der Waals surface area contributed by atoms with Crippen LogP contribution in [0, 0.1) is 0 Å². The molecule has 2 N–H and O–H groups in total. The quantitative estimate of drug-likeness (QED) is 0.686. The Kier molecular flexibility index (Phi) is 10.7. The summed E-state index contributed by atoms with van der Waals surface area (Å²) in [5.74, 6) is 1.21. The van der Waals surface area contributed by atoms with E-state index in [2.05, 4.69) is 5.32 Å². The van der Waals surface area contributed by atoms with Crippen LogP contribution in [0.2, 0.25) is 5.02 Å². The Bertz CT molecular complexity index is 389. The van der Waals surface area contributed by atoms with E-state index in [1.54, 1.807) is 14.2 Å². The van der Waals surface area contributed by atoms with Crippen molar-refractivity contribution in [1.29, 1.82) is 0 Å². The molecule has 0 aliphatic rings. The van der Waals surface area contributed by atoms with E-state index in [4.69, 9.17) is 26.2 Å². The third kappa shape index (κ3) is 6.18. The molecule has 0 aliphatic heterocycles. The van der Waals surface area contributed by atoms with Crippen LogP contribution in [0.25, 0.3) is 0 Å². The Morgan fingerprint density at radius 1 is 1.15 bits per heavy atom. The second-order valence-electron chi connectivity index (χ2n) is 4.27. The molecule has 4 nitrogen and oxygen atoms in total. The largest absolute Gasteiger partial charge is 0.493 e. The van der Waals surface area contributed by atoms with Gasteiger partial charge in [-0.25, -0.2) is 0 Å². The predicted molar refractivity (Wildman–Crippen MR) is 84.4 cm³/mol. The molecule has 0 atom stereocenters. The first kappa shape index (κ1) is 19.3. The highest BCUT2D eigenvalue weighted by Gasteiger charge is 2.10. The molecule has 1 aromatic rings. The zero-order chi connectivity index (χ0) is 14.1. The number of hydrogen-bond acceptors (Lipinski definition) is 4. The molecule has 1 aromatic carbocycles. The molecule has 0 saturated heterocycles. The van der Waals surface area contributed by atoms with E-state index < -0.39 is 0 Å². The molecule has 0 bridgehead atoms. The normalized spacial score (nSPS) is 10.0. The molecule has 20 heavy (non-hydrogen) atoms. The molecule has 0 fully saturated rings. The monoisotopic (exact) mass is 323 g/mol. The van der Waals surface area contributed by atoms with Crippen LogP contribution in [0.1, 0.15) is 24.8 Å². The fourth-order valence-corrected chi connectivity index (χ4v) is 2.16. The fourth-order valence-electron chi connectivity index (χ4n) is 1.84. The molecule has 0 heterocycles. The van der Waals surface area contributed by atoms with Crippen LogP contribution in [-0.4, -0.2) is 32.5 Å². The van der Waals surface area contributed by atoms with E-state index in [0.717, 1.165) is 37.9 Å². The smallest absolute Gasteiger partial charge is 0.179 e. The summed E-state index contributed by atoms with van der Waals surface area (Å²) in [7, 11) is 3.17. The molecule has 0 radical (unpaired) electrons. The molecule has 0 amide bonds. The molecule has 116 valence electrons. The first-order valence-electron chi connectivity index (χ1n) is 6.45. The molecule has 1 rings (SSSR count). The Morgan fingerprint density at radius 3 is 2.50 bits per heavy atom. The van der Waals surface area contributed by atoms with Gasteiger partial charge in [0.15, 0.2) is 11.5 Å².